The van der Waals surface area contributed by atoms with Crippen LogP contribution >= 0.6 is 37.7 Å². The summed E-state index contributed by atoms with van der Waals surface area (Å²) in [5.41, 5.74) is 0. The summed E-state index contributed by atoms with van der Waals surface area (Å²) in [6.45, 7) is 0. The summed E-state index contributed by atoms with van der Waals surface area (Å²) in [7, 11) is -2.16. The smallest absolute Gasteiger partial charge is 0.197 e. The van der Waals surface area contributed by atoms with Crippen molar-refractivity contribution in [1.82, 2.24) is 0 Å². The van der Waals surface area contributed by atoms with Crippen LogP contribution in [-0.4, -0.2) is 6.16 Å². The summed E-state index contributed by atoms with van der Waals surface area (Å²) < 4.78 is 0. The topological polar surface area (TPSA) is 0 Å². The molecule has 0 heterocycles. The monoisotopic (exact) mass is 416 g/mol. The molecule has 3 aromatic rings. The molecule has 0 unspecified atom stereocenters. The maximum absolute atomic E-state index is 5.81. The van der Waals surface area contributed by atoms with Gasteiger partial charge in [0.1, 0.15) is 0 Å². The van der Waals surface area contributed by atoms with Crippen LogP contribution in [0.4, 0.5) is 0 Å². The van der Waals surface area contributed by atoms with Crippen LogP contribution in [0.2, 0.25) is 0 Å². The first-order chi connectivity index (χ1) is 10.9. The van der Waals surface area contributed by atoms with Crippen LogP contribution < -0.4 is 15.9 Å². The second kappa shape index (κ2) is 9.70. The number of halogens is 1. The molecule has 0 atom stereocenters. The fourth-order valence-electron chi connectivity index (χ4n) is 3.13. The fourth-order valence-corrected chi connectivity index (χ4v) is 7.33. The number of rotatable bonds is 4. The van der Waals surface area contributed by atoms with E-state index in [0.717, 1.165) is 6.16 Å². The molecule has 0 aliphatic carbocycles. The van der Waals surface area contributed by atoms with E-state index in [2.05, 4.69) is 96.9 Å². The largest absolute Gasteiger partial charge is 0.197 e. The minimum Gasteiger partial charge on any atom is -0.197 e. The molecular formula is C21H22BrPS. The normalized spacial score (nSPS) is 10.6. The van der Waals surface area contributed by atoms with E-state index in [1.54, 1.807) is 0 Å². The molecule has 0 amide bonds. The van der Waals surface area contributed by atoms with E-state index < -0.39 is 7.26 Å². The van der Waals surface area contributed by atoms with Gasteiger partial charge in [-0.25, -0.2) is 0 Å². The van der Waals surface area contributed by atoms with E-state index in [1.165, 1.54) is 15.9 Å². The van der Waals surface area contributed by atoms with Gasteiger partial charge >= 0.3 is 133 Å². The van der Waals surface area contributed by atoms with Crippen LogP contribution in [0.25, 0.3) is 0 Å². The van der Waals surface area contributed by atoms with Crippen molar-refractivity contribution >= 4 is 53.7 Å². The number of hydrogen-bond acceptors (Lipinski definition) is 0. The number of benzene rings is 3. The Morgan fingerprint density at radius 1 is 0.625 bits per heavy atom. The molecule has 0 N–H and O–H groups in total. The Morgan fingerprint density at radius 2 is 0.917 bits per heavy atom. The van der Waals surface area contributed by atoms with Gasteiger partial charge in [0.2, 0.25) is 0 Å². The molecule has 0 aromatic heterocycles. The first-order valence-electron chi connectivity index (χ1n) is 7.48. The summed E-state index contributed by atoms with van der Waals surface area (Å²) in [4.78, 5) is 0. The van der Waals surface area contributed by atoms with Crippen molar-refractivity contribution in [3.05, 3.63) is 91.0 Å². The Balaban J connectivity index is 0.00000144. The third-order valence-corrected chi connectivity index (χ3v) is 8.86. The van der Waals surface area contributed by atoms with Crippen molar-refractivity contribution in [2.24, 2.45) is 0 Å². The van der Waals surface area contributed by atoms with Gasteiger partial charge in [0.15, 0.2) is 0 Å². The molecule has 3 heteroatoms. The van der Waals surface area contributed by atoms with Gasteiger partial charge in [-0.05, 0) is 0 Å². The molecular weight excluding hydrogens is 395 g/mol. The van der Waals surface area contributed by atoms with Crippen molar-refractivity contribution in [3.63, 3.8) is 0 Å². The van der Waals surface area contributed by atoms with E-state index in [1.807, 2.05) is 0 Å². The molecule has 3 rings (SSSR count). The second-order valence-electron chi connectivity index (χ2n) is 5.38. The summed E-state index contributed by atoms with van der Waals surface area (Å²) in [5.74, 6) is 2.97. The van der Waals surface area contributed by atoms with Gasteiger partial charge in [-0.3, -0.25) is 0 Å². The van der Waals surface area contributed by atoms with Gasteiger partial charge < -0.3 is 0 Å². The molecule has 24 heavy (non-hydrogen) atoms. The van der Waals surface area contributed by atoms with Crippen molar-refractivity contribution in [3.8, 4) is 12.3 Å². The zero-order valence-corrected chi connectivity index (χ0v) is 17.1. The Bertz CT molecular complexity index is 671. The van der Waals surface area contributed by atoms with Crippen LogP contribution in [0.3, 0.4) is 0 Å². The van der Waals surface area contributed by atoms with Gasteiger partial charge in [-0.2, -0.15) is 13.5 Å². The summed E-state index contributed by atoms with van der Waals surface area (Å²) >= 11 is 0. The molecule has 0 saturated heterocycles. The summed E-state index contributed by atoms with van der Waals surface area (Å²) in [6, 6.07) is 32.2. The van der Waals surface area contributed by atoms with Crippen LogP contribution in [0.15, 0.2) is 91.0 Å². The third-order valence-electron chi connectivity index (χ3n) is 4.17. The van der Waals surface area contributed by atoms with E-state index in [-0.39, 0.29) is 30.5 Å². The van der Waals surface area contributed by atoms with Gasteiger partial charge in [-0.15, -0.1) is 17.0 Å². The SMILES string of the molecule is Br.C#CC[PH](c1ccccc1)(c1ccccc1)c1ccccc1.S. The summed E-state index contributed by atoms with van der Waals surface area (Å²) in [5, 5.41) is 4.10. The Morgan fingerprint density at radius 3 is 1.17 bits per heavy atom. The van der Waals surface area contributed by atoms with Crippen molar-refractivity contribution < 1.29 is 0 Å². The Kier molecular flexibility index (Phi) is 8.29. The van der Waals surface area contributed by atoms with E-state index in [9.17, 15) is 0 Å². The Labute approximate surface area is 162 Å². The molecule has 124 valence electrons. The second-order valence-corrected chi connectivity index (χ2v) is 9.28. The van der Waals surface area contributed by atoms with Crippen LogP contribution in [0.1, 0.15) is 0 Å². The number of terminal acetylenes is 1. The minimum absolute atomic E-state index is 0. The number of hydrogen-bond donors (Lipinski definition) is 0. The van der Waals surface area contributed by atoms with E-state index in [4.69, 9.17) is 6.42 Å². The molecule has 0 bridgehead atoms. The van der Waals surface area contributed by atoms with Crippen LogP contribution in [-0.2, 0) is 0 Å². The fraction of sp³-hybridized carbons (Fsp3) is 0.0476. The van der Waals surface area contributed by atoms with E-state index >= 15 is 0 Å². The zero-order chi connectivity index (χ0) is 15.3. The molecule has 0 nitrogen and oxygen atoms in total. The molecule has 0 fully saturated rings. The van der Waals surface area contributed by atoms with Crippen LogP contribution in [0.5, 0.6) is 0 Å². The average Bonchev–Trinajstić information content (AvgIpc) is 2.62. The Hall–Kier alpha value is -1.52. The summed E-state index contributed by atoms with van der Waals surface area (Å²) in [6.07, 6.45) is 6.58. The first-order valence-corrected chi connectivity index (χ1v) is 9.68. The predicted octanol–water partition coefficient (Wildman–Crippen LogP) is 4.04. The zero-order valence-electron chi connectivity index (χ0n) is 13.4. The maximum Gasteiger partial charge on any atom is -0.197 e. The molecule has 0 aliphatic rings. The van der Waals surface area contributed by atoms with E-state index in [0.29, 0.717) is 0 Å². The average molecular weight is 417 g/mol. The maximum atomic E-state index is 5.81. The quantitative estimate of drug-likeness (QED) is 0.444. The van der Waals surface area contributed by atoms with Gasteiger partial charge in [-0.1, -0.05) is 0 Å². The van der Waals surface area contributed by atoms with Gasteiger partial charge in [0.25, 0.3) is 0 Å². The molecule has 0 spiro atoms. The first kappa shape index (κ1) is 20.5. The van der Waals surface area contributed by atoms with Crippen molar-refractivity contribution in [2.75, 3.05) is 6.16 Å². The molecule has 0 saturated carbocycles. The molecule has 0 aliphatic heterocycles. The van der Waals surface area contributed by atoms with Crippen LogP contribution in [0, 0.1) is 12.3 Å². The van der Waals surface area contributed by atoms with Crippen molar-refractivity contribution in [2.45, 2.75) is 0 Å². The van der Waals surface area contributed by atoms with Gasteiger partial charge in [0, 0.05) is 0 Å². The standard InChI is InChI=1S/C21H19P.BrH.H2S/c1-2-18-22(19-12-6-3-7-13-19,20-14-8-4-9-15-20)21-16-10-5-11-17-21;;/h1,3-17,22H,18H2;1H;1H2. The van der Waals surface area contributed by atoms with Gasteiger partial charge in [0.05, 0.1) is 0 Å². The third kappa shape index (κ3) is 3.93. The molecule has 3 aromatic carbocycles. The predicted molar refractivity (Wildman–Crippen MR) is 121 cm³/mol. The minimum atomic E-state index is -2.16. The van der Waals surface area contributed by atoms with Crippen molar-refractivity contribution in [1.29, 1.82) is 0 Å². The molecule has 0 radical (unpaired) electrons.